The molecule has 6 rings (SSSR count). The van der Waals surface area contributed by atoms with Crippen LogP contribution in [0.5, 0.6) is 0 Å². The number of halogens is 1. The van der Waals surface area contributed by atoms with Gasteiger partial charge in [-0.3, -0.25) is 9.20 Å². The van der Waals surface area contributed by atoms with E-state index in [1.807, 2.05) is 19.9 Å². The number of nitrogens with zero attached hydrogens (tertiary/aromatic N) is 7. The molecule has 12 heteroatoms. The Hall–Kier alpha value is -4.71. The van der Waals surface area contributed by atoms with Crippen LogP contribution < -0.4 is 16.6 Å². The SMILES string of the molecule is CNc1ncc(-c2nn([C@H](C)c3nc4ccc(C)cn4c(=O)c3-c3cccc(F)c3)c3ncnc(N)c23)s1. The van der Waals surface area contributed by atoms with Crippen LogP contribution in [0.1, 0.15) is 24.2 Å². The van der Waals surface area contributed by atoms with Crippen molar-refractivity contribution in [3.63, 3.8) is 0 Å². The van der Waals surface area contributed by atoms with Crippen molar-refractivity contribution in [1.82, 2.24) is 34.1 Å². The summed E-state index contributed by atoms with van der Waals surface area (Å²) in [5.41, 5.74) is 9.53. The quantitative estimate of drug-likeness (QED) is 0.339. The molecule has 0 unspecified atom stereocenters. The van der Waals surface area contributed by atoms with Crippen LogP contribution in [0.25, 0.3) is 38.4 Å². The number of hydrogen-bond donors (Lipinski definition) is 2. The summed E-state index contributed by atoms with van der Waals surface area (Å²) in [5.74, 6) is -0.178. The molecule has 5 aromatic heterocycles. The highest BCUT2D eigenvalue weighted by Gasteiger charge is 2.27. The predicted molar refractivity (Wildman–Crippen MR) is 146 cm³/mol. The third-order valence-corrected chi connectivity index (χ3v) is 7.37. The van der Waals surface area contributed by atoms with Gasteiger partial charge in [0.25, 0.3) is 5.56 Å². The topological polar surface area (TPSA) is 129 Å². The first-order valence-corrected chi connectivity index (χ1v) is 12.6. The molecular formula is C26H22FN9OS. The largest absolute Gasteiger partial charge is 0.383 e. The minimum Gasteiger partial charge on any atom is -0.383 e. The van der Waals surface area contributed by atoms with Gasteiger partial charge in [-0.25, -0.2) is 29.0 Å². The standard InChI is InChI=1S/C26H22FN9OS/c1-13-7-8-18-33-21(19(25(37)35(18)11-13)15-5-4-6-16(27)9-15)14(2)36-24-20(23(28)31-12-32-24)22(34-36)17-10-30-26(29-3)38-17/h4-12,14H,1-3H3,(H,29,30)(H2,28,31,32)/t14-/m1/s1. The van der Waals surface area contributed by atoms with E-state index < -0.39 is 11.9 Å². The minimum atomic E-state index is -0.575. The molecule has 0 aliphatic rings. The van der Waals surface area contributed by atoms with Crippen LogP contribution in [-0.2, 0) is 0 Å². The Kier molecular flexibility index (Phi) is 5.60. The number of rotatable bonds is 5. The first-order valence-electron chi connectivity index (χ1n) is 11.8. The van der Waals surface area contributed by atoms with Crippen LogP contribution in [0.15, 0.2) is 59.9 Å². The molecule has 10 nitrogen and oxygen atoms in total. The zero-order chi connectivity index (χ0) is 26.6. The molecule has 6 aromatic rings. The molecule has 0 aliphatic heterocycles. The lowest BCUT2D eigenvalue weighted by molar-refractivity contribution is 0.567. The number of nitrogens with one attached hydrogen (secondary N) is 1. The number of pyridine rings is 1. The van der Waals surface area contributed by atoms with E-state index in [4.69, 9.17) is 15.8 Å². The van der Waals surface area contributed by atoms with Gasteiger partial charge in [-0.15, -0.1) is 0 Å². The van der Waals surface area contributed by atoms with Gasteiger partial charge < -0.3 is 11.1 Å². The van der Waals surface area contributed by atoms with Crippen LogP contribution in [0.2, 0.25) is 0 Å². The predicted octanol–water partition coefficient (Wildman–Crippen LogP) is 4.31. The van der Waals surface area contributed by atoms with Crippen molar-refractivity contribution >= 4 is 39.0 Å². The van der Waals surface area contributed by atoms with E-state index in [-0.39, 0.29) is 16.9 Å². The minimum absolute atomic E-state index is 0.273. The van der Waals surface area contributed by atoms with Gasteiger partial charge >= 0.3 is 0 Å². The van der Waals surface area contributed by atoms with Gasteiger partial charge in [-0.05, 0) is 43.2 Å². The number of aromatic nitrogens is 7. The Bertz CT molecular complexity index is 1910. The Morgan fingerprint density at radius 3 is 2.76 bits per heavy atom. The first-order chi connectivity index (χ1) is 18.4. The zero-order valence-electron chi connectivity index (χ0n) is 20.7. The number of nitrogens with two attached hydrogens (primary N) is 1. The third kappa shape index (κ3) is 3.77. The smallest absolute Gasteiger partial charge is 0.266 e. The molecule has 0 saturated heterocycles. The number of nitrogen functional groups attached to an aromatic ring is 1. The summed E-state index contributed by atoms with van der Waals surface area (Å²) in [4.78, 5) is 32.5. The average Bonchev–Trinajstić information content (AvgIpc) is 3.54. The third-order valence-electron chi connectivity index (χ3n) is 6.35. The number of anilines is 2. The Balaban J connectivity index is 1.64. The number of fused-ring (bicyclic) bond motifs is 2. The molecule has 0 saturated carbocycles. The second-order valence-corrected chi connectivity index (χ2v) is 9.86. The number of thiazole rings is 1. The highest BCUT2D eigenvalue weighted by atomic mass is 32.1. The highest BCUT2D eigenvalue weighted by molar-refractivity contribution is 7.18. The maximum Gasteiger partial charge on any atom is 0.266 e. The zero-order valence-corrected chi connectivity index (χ0v) is 21.5. The van der Waals surface area contributed by atoms with Gasteiger partial charge in [-0.1, -0.05) is 29.5 Å². The maximum absolute atomic E-state index is 14.3. The van der Waals surface area contributed by atoms with Crippen molar-refractivity contribution in [2.45, 2.75) is 19.9 Å². The van der Waals surface area contributed by atoms with E-state index in [1.54, 1.807) is 42.3 Å². The van der Waals surface area contributed by atoms with Crippen molar-refractivity contribution in [3.8, 4) is 21.7 Å². The lowest BCUT2D eigenvalue weighted by Crippen LogP contribution is -2.23. The summed E-state index contributed by atoms with van der Waals surface area (Å²) in [6, 6.07) is 9.03. The van der Waals surface area contributed by atoms with E-state index in [9.17, 15) is 9.18 Å². The van der Waals surface area contributed by atoms with E-state index >= 15 is 0 Å². The van der Waals surface area contributed by atoms with Gasteiger partial charge in [0, 0.05) is 19.4 Å². The molecule has 3 N–H and O–H groups in total. The number of aryl methyl sites for hydroxylation is 1. The van der Waals surface area contributed by atoms with E-state index in [1.165, 1.54) is 34.2 Å². The fraction of sp³-hybridized carbons (Fsp3) is 0.154. The fourth-order valence-corrected chi connectivity index (χ4v) is 5.29. The Labute approximate surface area is 219 Å². The summed E-state index contributed by atoms with van der Waals surface area (Å²) in [6.45, 7) is 3.76. The van der Waals surface area contributed by atoms with Gasteiger partial charge in [-0.2, -0.15) is 5.10 Å². The van der Waals surface area contributed by atoms with E-state index in [0.717, 1.165) is 15.6 Å². The Morgan fingerprint density at radius 1 is 1.16 bits per heavy atom. The summed E-state index contributed by atoms with van der Waals surface area (Å²) in [6.07, 6.45) is 4.80. The van der Waals surface area contributed by atoms with Gasteiger partial charge in [0.2, 0.25) is 0 Å². The molecule has 5 heterocycles. The summed E-state index contributed by atoms with van der Waals surface area (Å²) in [7, 11) is 1.79. The van der Waals surface area contributed by atoms with E-state index in [0.29, 0.717) is 33.6 Å². The van der Waals surface area contributed by atoms with Gasteiger partial charge in [0.1, 0.15) is 29.3 Å². The van der Waals surface area contributed by atoms with Crippen LogP contribution in [0, 0.1) is 12.7 Å². The number of benzene rings is 1. The molecule has 1 aromatic carbocycles. The molecule has 0 aliphatic carbocycles. The second kappa shape index (κ2) is 8.99. The summed E-state index contributed by atoms with van der Waals surface area (Å²) < 4.78 is 17.5. The lowest BCUT2D eigenvalue weighted by Gasteiger charge is -2.18. The molecule has 190 valence electrons. The lowest BCUT2D eigenvalue weighted by atomic mass is 10.0. The number of hydrogen-bond acceptors (Lipinski definition) is 9. The van der Waals surface area contributed by atoms with Crippen molar-refractivity contribution in [2.75, 3.05) is 18.1 Å². The summed E-state index contributed by atoms with van der Waals surface area (Å²) >= 11 is 1.42. The van der Waals surface area contributed by atoms with Crippen LogP contribution in [0.3, 0.4) is 0 Å². The Morgan fingerprint density at radius 2 is 2.00 bits per heavy atom. The van der Waals surface area contributed by atoms with E-state index in [2.05, 4.69) is 20.3 Å². The van der Waals surface area contributed by atoms with Crippen molar-refractivity contribution in [3.05, 3.63) is 82.5 Å². The molecule has 1 atom stereocenters. The van der Waals surface area contributed by atoms with Crippen molar-refractivity contribution in [1.29, 1.82) is 0 Å². The average molecular weight is 528 g/mol. The molecule has 38 heavy (non-hydrogen) atoms. The van der Waals surface area contributed by atoms with Crippen LogP contribution in [0.4, 0.5) is 15.3 Å². The highest BCUT2D eigenvalue weighted by Crippen LogP contribution is 2.37. The molecule has 0 amide bonds. The van der Waals surface area contributed by atoms with Crippen LogP contribution in [-0.4, -0.2) is 41.2 Å². The summed E-state index contributed by atoms with van der Waals surface area (Å²) in [5, 5.41) is 9.20. The first kappa shape index (κ1) is 23.7. The normalized spacial score (nSPS) is 12.3. The molecule has 0 radical (unpaired) electrons. The molecule has 0 bridgehead atoms. The van der Waals surface area contributed by atoms with Crippen LogP contribution >= 0.6 is 11.3 Å². The fourth-order valence-electron chi connectivity index (χ4n) is 4.53. The monoisotopic (exact) mass is 527 g/mol. The molecular weight excluding hydrogens is 505 g/mol. The maximum atomic E-state index is 14.3. The second-order valence-electron chi connectivity index (χ2n) is 8.83. The van der Waals surface area contributed by atoms with Crippen molar-refractivity contribution < 1.29 is 4.39 Å². The molecule has 0 fully saturated rings. The van der Waals surface area contributed by atoms with Crippen molar-refractivity contribution in [2.24, 2.45) is 0 Å². The van der Waals surface area contributed by atoms with Gasteiger partial charge in [0.15, 0.2) is 10.8 Å². The molecule has 0 spiro atoms. The van der Waals surface area contributed by atoms with Gasteiger partial charge in [0.05, 0.1) is 27.6 Å².